The van der Waals surface area contributed by atoms with Crippen molar-refractivity contribution in [3.8, 4) is 0 Å². The molecule has 0 atom stereocenters. The van der Waals surface area contributed by atoms with Crippen LogP contribution in [0.1, 0.15) is 13.8 Å². The molecule has 0 aliphatic heterocycles. The molecule has 0 aromatic heterocycles. The molecule has 0 heterocycles. The summed E-state index contributed by atoms with van der Waals surface area (Å²) in [7, 11) is 0. The second kappa shape index (κ2) is 3.15. The molecule has 0 rings (SSSR count). The molecule has 0 unspecified atom stereocenters. The summed E-state index contributed by atoms with van der Waals surface area (Å²) in [5.41, 5.74) is 1.13. The van der Waals surface area contributed by atoms with Gasteiger partial charge in [-0.1, -0.05) is 0 Å². The maximum absolute atomic E-state index is 2.38. The van der Waals surface area contributed by atoms with Gasteiger partial charge in [-0.3, -0.25) is 0 Å². The molecular formula is C4H10SiZr+2. The van der Waals surface area contributed by atoms with Gasteiger partial charge in [-0.15, -0.1) is 0 Å². The minimum absolute atomic E-state index is 0.138. The number of rotatable bonds is 1. The van der Waals surface area contributed by atoms with Crippen LogP contribution in [0.4, 0.5) is 0 Å². The number of hydrogen-bond acceptors (Lipinski definition) is 0. The van der Waals surface area contributed by atoms with Gasteiger partial charge in [0.25, 0.3) is 0 Å². The number of hydrogen-bond donors (Lipinski definition) is 0. The Bertz CT molecular complexity index is 58.6. The Morgan fingerprint density at radius 1 is 1.50 bits per heavy atom. The van der Waals surface area contributed by atoms with E-state index in [1.807, 2.05) is 0 Å². The third-order valence-corrected chi connectivity index (χ3v) is 6.86. The Balaban J connectivity index is 3.26. The van der Waals surface area contributed by atoms with Crippen molar-refractivity contribution in [1.29, 1.82) is 0 Å². The molecule has 2 heteroatoms. The summed E-state index contributed by atoms with van der Waals surface area (Å²) in [6, 6.07) is 0. The molecular weight excluding hydrogens is 167 g/mol. The molecule has 6 heavy (non-hydrogen) atoms. The van der Waals surface area contributed by atoms with Gasteiger partial charge >= 0.3 is 54.7 Å². The fourth-order valence-electron chi connectivity index (χ4n) is 0. The normalized spacial score (nSPS) is 9.67. The summed E-state index contributed by atoms with van der Waals surface area (Å²) >= 11 is 1.77. The molecule has 0 amide bonds. The standard InChI is InChI=1S/C4H10Si.Zr/c1-4(2)5-3;/h4H,1-3H3;/q;+2. The van der Waals surface area contributed by atoms with Crippen molar-refractivity contribution in [1.82, 2.24) is 0 Å². The zero-order valence-corrected chi connectivity index (χ0v) is 8.04. The van der Waals surface area contributed by atoms with Gasteiger partial charge in [-0.05, 0) is 0 Å². The monoisotopic (exact) mass is 176 g/mol. The van der Waals surface area contributed by atoms with Crippen LogP contribution in [-0.4, -0.2) is 5.43 Å². The van der Waals surface area contributed by atoms with Crippen LogP contribution in [0.15, 0.2) is 0 Å². The second-order valence-corrected chi connectivity index (χ2v) is 10.2. The average Bonchev–Trinajstić information content (AvgIpc) is 1.36. The van der Waals surface area contributed by atoms with Crippen LogP contribution in [-0.2, 0) is 23.3 Å². The van der Waals surface area contributed by atoms with Gasteiger partial charge in [-0.25, -0.2) is 0 Å². The van der Waals surface area contributed by atoms with Crippen molar-refractivity contribution in [3.63, 3.8) is 0 Å². The van der Waals surface area contributed by atoms with E-state index in [0.29, 0.717) is 0 Å². The first-order valence-corrected chi connectivity index (χ1v) is 7.96. The predicted octanol–water partition coefficient (Wildman–Crippen LogP) is 1.56. The molecule has 0 saturated carbocycles. The van der Waals surface area contributed by atoms with Crippen molar-refractivity contribution in [2.75, 3.05) is 0 Å². The average molecular weight is 177 g/mol. The van der Waals surface area contributed by atoms with Crippen molar-refractivity contribution >= 4 is 5.43 Å². The van der Waals surface area contributed by atoms with Gasteiger partial charge < -0.3 is 0 Å². The Morgan fingerprint density at radius 2 is 1.67 bits per heavy atom. The van der Waals surface area contributed by atoms with Crippen molar-refractivity contribution in [2.45, 2.75) is 25.9 Å². The summed E-state index contributed by atoms with van der Waals surface area (Å²) in [5.74, 6) is 0. The van der Waals surface area contributed by atoms with E-state index in [2.05, 4.69) is 20.4 Å². The van der Waals surface area contributed by atoms with Gasteiger partial charge in [0.05, 0.1) is 0 Å². The van der Waals surface area contributed by atoms with Crippen molar-refractivity contribution < 1.29 is 23.3 Å². The molecule has 0 aliphatic rings. The molecule has 0 spiro atoms. The molecule has 0 aromatic carbocycles. The van der Waals surface area contributed by atoms with Crippen LogP contribution < -0.4 is 0 Å². The SMILES string of the molecule is CC(C)[Si](C)=[Zr+2]. The molecule has 32 valence electrons. The molecule has 0 aromatic rings. The van der Waals surface area contributed by atoms with Crippen LogP contribution in [0.5, 0.6) is 0 Å². The summed E-state index contributed by atoms with van der Waals surface area (Å²) in [4.78, 5) is 0. The van der Waals surface area contributed by atoms with Crippen LogP contribution in [0, 0.1) is 0 Å². The maximum atomic E-state index is 2.38. The van der Waals surface area contributed by atoms with E-state index in [-0.39, 0.29) is 5.43 Å². The topological polar surface area (TPSA) is 0 Å². The Kier molecular flexibility index (Phi) is 3.72. The van der Waals surface area contributed by atoms with E-state index < -0.39 is 0 Å². The van der Waals surface area contributed by atoms with Crippen LogP contribution >= 0.6 is 0 Å². The Hall–Kier alpha value is 1.10. The third kappa shape index (κ3) is 3.30. The van der Waals surface area contributed by atoms with Gasteiger partial charge in [0.15, 0.2) is 0 Å². The van der Waals surface area contributed by atoms with E-state index in [4.69, 9.17) is 0 Å². The molecule has 0 saturated heterocycles. The molecule has 0 N–H and O–H groups in total. The molecule has 0 aliphatic carbocycles. The van der Waals surface area contributed by atoms with E-state index >= 15 is 0 Å². The molecule has 0 fully saturated rings. The van der Waals surface area contributed by atoms with E-state index in [0.717, 1.165) is 5.54 Å². The zero-order valence-electron chi connectivity index (χ0n) is 4.58. The first kappa shape index (κ1) is 7.10. The minimum atomic E-state index is 0.138. The van der Waals surface area contributed by atoms with Crippen LogP contribution in [0.25, 0.3) is 0 Å². The summed E-state index contributed by atoms with van der Waals surface area (Å²) in [6.07, 6.45) is 0. The zero-order chi connectivity index (χ0) is 5.15. The van der Waals surface area contributed by atoms with Crippen molar-refractivity contribution in [2.24, 2.45) is 0 Å². The van der Waals surface area contributed by atoms with Crippen molar-refractivity contribution in [3.05, 3.63) is 0 Å². The molecule has 0 radical (unpaired) electrons. The Morgan fingerprint density at radius 3 is 1.67 bits per heavy atom. The van der Waals surface area contributed by atoms with Gasteiger partial charge in [0.2, 0.25) is 0 Å². The first-order valence-electron chi connectivity index (χ1n) is 2.19. The fourth-order valence-corrected chi connectivity index (χ4v) is 0. The third-order valence-electron chi connectivity index (χ3n) is 0.866. The predicted molar refractivity (Wildman–Crippen MR) is 26.7 cm³/mol. The quantitative estimate of drug-likeness (QED) is 0.533. The fraction of sp³-hybridized carbons (Fsp3) is 1.00. The van der Waals surface area contributed by atoms with Crippen LogP contribution in [0.3, 0.4) is 0 Å². The van der Waals surface area contributed by atoms with Gasteiger partial charge in [-0.2, -0.15) is 0 Å². The van der Waals surface area contributed by atoms with Gasteiger partial charge in [0.1, 0.15) is 0 Å². The molecule has 0 nitrogen and oxygen atoms in total. The summed E-state index contributed by atoms with van der Waals surface area (Å²) in [5, 5.41) is 0. The molecule has 0 bridgehead atoms. The van der Waals surface area contributed by atoms with E-state index in [1.165, 1.54) is 0 Å². The van der Waals surface area contributed by atoms with E-state index in [1.54, 1.807) is 23.3 Å². The summed E-state index contributed by atoms with van der Waals surface area (Å²) in [6.45, 7) is 7.00. The Labute approximate surface area is 54.7 Å². The summed E-state index contributed by atoms with van der Waals surface area (Å²) < 4.78 is 0. The second-order valence-electron chi connectivity index (χ2n) is 1.84. The first-order chi connectivity index (χ1) is 2.64. The van der Waals surface area contributed by atoms with Gasteiger partial charge in [0, 0.05) is 0 Å². The van der Waals surface area contributed by atoms with E-state index in [9.17, 15) is 0 Å². The van der Waals surface area contributed by atoms with Crippen LogP contribution in [0.2, 0.25) is 12.1 Å².